The largest absolute Gasteiger partial charge is 0.496 e. The zero-order valence-corrected chi connectivity index (χ0v) is 17.9. The van der Waals surface area contributed by atoms with Gasteiger partial charge < -0.3 is 14.6 Å². The third-order valence-electron chi connectivity index (χ3n) is 5.70. The lowest BCUT2D eigenvalue weighted by Gasteiger charge is -2.26. The normalized spacial score (nSPS) is 14.7. The summed E-state index contributed by atoms with van der Waals surface area (Å²) in [5.41, 5.74) is 3.30. The van der Waals surface area contributed by atoms with Crippen molar-refractivity contribution in [3.05, 3.63) is 53.9 Å². The van der Waals surface area contributed by atoms with E-state index in [0.29, 0.717) is 11.3 Å². The Kier molecular flexibility index (Phi) is 6.33. The molecule has 158 valence electrons. The fourth-order valence-electron chi connectivity index (χ4n) is 4.20. The molecule has 0 bridgehead atoms. The van der Waals surface area contributed by atoms with Crippen molar-refractivity contribution in [2.24, 2.45) is 0 Å². The van der Waals surface area contributed by atoms with Crippen molar-refractivity contribution in [1.29, 1.82) is 0 Å². The number of hydrogen-bond donors (Lipinski definition) is 1. The molecule has 4 rings (SSSR count). The minimum absolute atomic E-state index is 0.187. The van der Waals surface area contributed by atoms with Crippen LogP contribution in [0.3, 0.4) is 0 Å². The number of rotatable bonds is 7. The smallest absolute Gasteiger partial charge is 0.259 e. The van der Waals surface area contributed by atoms with Crippen LogP contribution in [0.15, 0.2) is 42.5 Å². The average Bonchev–Trinajstić information content (AvgIpc) is 3.10. The summed E-state index contributed by atoms with van der Waals surface area (Å²) in [5.74, 6) is 1.49. The van der Waals surface area contributed by atoms with Crippen LogP contribution in [0.1, 0.15) is 48.8 Å². The minimum atomic E-state index is -0.187. The number of carbonyl (C=O) groups is 1. The van der Waals surface area contributed by atoms with E-state index in [-0.39, 0.29) is 5.91 Å². The second-order valence-corrected chi connectivity index (χ2v) is 7.87. The number of methoxy groups -OCH3 is 1. The maximum atomic E-state index is 12.7. The SMILES string of the molecule is CCCn1c(CN2CCCCC2)nc2cc(NC(=O)c3ccccc3OC)ccc21. The standard InChI is InChI=1S/C24H30N4O2/c1-3-13-28-21-12-11-18(25-24(29)19-9-5-6-10-22(19)30-2)16-20(21)26-23(28)17-27-14-7-4-8-15-27/h5-6,9-12,16H,3-4,7-8,13-15,17H2,1-2H3,(H,25,29). The fourth-order valence-corrected chi connectivity index (χ4v) is 4.20. The third-order valence-corrected chi connectivity index (χ3v) is 5.70. The molecular formula is C24H30N4O2. The number of anilines is 1. The van der Waals surface area contributed by atoms with Crippen molar-refractivity contribution in [1.82, 2.24) is 14.5 Å². The van der Waals surface area contributed by atoms with Crippen LogP contribution in [-0.2, 0) is 13.1 Å². The van der Waals surface area contributed by atoms with Crippen molar-refractivity contribution >= 4 is 22.6 Å². The van der Waals surface area contributed by atoms with Gasteiger partial charge >= 0.3 is 0 Å². The number of piperidine rings is 1. The van der Waals surface area contributed by atoms with Crippen LogP contribution in [0.2, 0.25) is 0 Å². The number of ether oxygens (including phenoxy) is 1. The Morgan fingerprint density at radius 3 is 2.70 bits per heavy atom. The van der Waals surface area contributed by atoms with Crippen molar-refractivity contribution in [3.63, 3.8) is 0 Å². The second-order valence-electron chi connectivity index (χ2n) is 7.87. The highest BCUT2D eigenvalue weighted by molar-refractivity contribution is 6.06. The van der Waals surface area contributed by atoms with E-state index >= 15 is 0 Å². The van der Waals surface area contributed by atoms with Gasteiger partial charge in [-0.2, -0.15) is 0 Å². The number of amides is 1. The zero-order chi connectivity index (χ0) is 20.9. The first-order valence-corrected chi connectivity index (χ1v) is 10.9. The van der Waals surface area contributed by atoms with E-state index in [4.69, 9.17) is 9.72 Å². The highest BCUT2D eigenvalue weighted by Gasteiger charge is 2.17. The first-order chi connectivity index (χ1) is 14.7. The summed E-state index contributed by atoms with van der Waals surface area (Å²) in [7, 11) is 1.57. The number of nitrogens with zero attached hydrogens (tertiary/aromatic N) is 3. The van der Waals surface area contributed by atoms with Crippen LogP contribution in [0, 0.1) is 0 Å². The van der Waals surface area contributed by atoms with Gasteiger partial charge in [-0.15, -0.1) is 0 Å². The summed E-state index contributed by atoms with van der Waals surface area (Å²) < 4.78 is 7.64. The molecule has 30 heavy (non-hydrogen) atoms. The number of para-hydroxylation sites is 1. The lowest BCUT2D eigenvalue weighted by atomic mass is 10.1. The Bertz CT molecular complexity index is 1020. The first-order valence-electron chi connectivity index (χ1n) is 10.9. The Labute approximate surface area is 177 Å². The Morgan fingerprint density at radius 1 is 1.13 bits per heavy atom. The molecular weight excluding hydrogens is 376 g/mol. The van der Waals surface area contributed by atoms with Crippen molar-refractivity contribution in [2.45, 2.75) is 45.7 Å². The predicted octanol–water partition coefficient (Wildman–Crippen LogP) is 4.69. The number of nitrogens with one attached hydrogen (secondary N) is 1. The summed E-state index contributed by atoms with van der Waals surface area (Å²) in [6, 6.07) is 13.2. The number of aromatic nitrogens is 2. The molecule has 0 unspecified atom stereocenters. The molecule has 0 atom stereocenters. The van der Waals surface area contributed by atoms with Gasteiger partial charge in [0.25, 0.3) is 5.91 Å². The van der Waals surface area contributed by atoms with Gasteiger partial charge in [-0.05, 0) is 62.7 Å². The average molecular weight is 407 g/mol. The van der Waals surface area contributed by atoms with Gasteiger partial charge in [0, 0.05) is 12.2 Å². The molecule has 1 saturated heterocycles. The molecule has 2 heterocycles. The number of benzene rings is 2. The van der Waals surface area contributed by atoms with Crippen LogP contribution in [0.4, 0.5) is 5.69 Å². The maximum Gasteiger partial charge on any atom is 0.259 e. The molecule has 0 saturated carbocycles. The second kappa shape index (κ2) is 9.30. The van der Waals surface area contributed by atoms with Gasteiger partial charge in [0.05, 0.1) is 30.3 Å². The van der Waals surface area contributed by atoms with E-state index in [0.717, 1.165) is 55.1 Å². The molecule has 0 aliphatic carbocycles. The molecule has 3 aromatic rings. The Hall–Kier alpha value is -2.86. The first kappa shape index (κ1) is 20.4. The van der Waals surface area contributed by atoms with Gasteiger partial charge in [0.15, 0.2) is 0 Å². The highest BCUT2D eigenvalue weighted by atomic mass is 16.5. The molecule has 1 fully saturated rings. The van der Waals surface area contributed by atoms with E-state index in [1.54, 1.807) is 19.2 Å². The molecule has 0 radical (unpaired) electrons. The van der Waals surface area contributed by atoms with Crippen LogP contribution >= 0.6 is 0 Å². The van der Waals surface area contributed by atoms with Crippen LogP contribution in [-0.4, -0.2) is 40.6 Å². The zero-order valence-electron chi connectivity index (χ0n) is 17.9. The van der Waals surface area contributed by atoms with E-state index in [1.165, 1.54) is 19.3 Å². The number of imidazole rings is 1. The molecule has 0 spiro atoms. The molecule has 1 aliphatic rings. The minimum Gasteiger partial charge on any atom is -0.496 e. The number of fused-ring (bicyclic) bond motifs is 1. The Morgan fingerprint density at radius 2 is 1.93 bits per heavy atom. The van der Waals surface area contributed by atoms with E-state index < -0.39 is 0 Å². The van der Waals surface area contributed by atoms with Gasteiger partial charge in [-0.3, -0.25) is 9.69 Å². The maximum absolute atomic E-state index is 12.7. The van der Waals surface area contributed by atoms with E-state index in [2.05, 4.69) is 27.8 Å². The van der Waals surface area contributed by atoms with Crippen molar-refractivity contribution < 1.29 is 9.53 Å². The molecule has 1 N–H and O–H groups in total. The van der Waals surface area contributed by atoms with Crippen molar-refractivity contribution in [2.75, 3.05) is 25.5 Å². The monoisotopic (exact) mass is 406 g/mol. The van der Waals surface area contributed by atoms with Crippen LogP contribution in [0.5, 0.6) is 5.75 Å². The summed E-state index contributed by atoms with van der Waals surface area (Å²) in [5, 5.41) is 2.99. The molecule has 6 heteroatoms. The number of likely N-dealkylation sites (tertiary alicyclic amines) is 1. The molecule has 6 nitrogen and oxygen atoms in total. The lowest BCUT2D eigenvalue weighted by Crippen LogP contribution is -2.30. The summed E-state index contributed by atoms with van der Waals surface area (Å²) in [6.07, 6.45) is 4.93. The summed E-state index contributed by atoms with van der Waals surface area (Å²) in [6.45, 7) is 6.33. The molecule has 1 aliphatic heterocycles. The topological polar surface area (TPSA) is 59.4 Å². The predicted molar refractivity (Wildman–Crippen MR) is 120 cm³/mol. The van der Waals surface area contributed by atoms with Crippen LogP contribution < -0.4 is 10.1 Å². The van der Waals surface area contributed by atoms with Crippen LogP contribution in [0.25, 0.3) is 11.0 Å². The third kappa shape index (κ3) is 4.33. The number of carbonyl (C=O) groups excluding carboxylic acids is 1. The van der Waals surface area contributed by atoms with Gasteiger partial charge in [-0.25, -0.2) is 4.98 Å². The fraction of sp³-hybridized carbons (Fsp3) is 0.417. The lowest BCUT2D eigenvalue weighted by molar-refractivity contribution is 0.102. The van der Waals surface area contributed by atoms with E-state index in [9.17, 15) is 4.79 Å². The van der Waals surface area contributed by atoms with Gasteiger partial charge in [0.1, 0.15) is 11.6 Å². The highest BCUT2D eigenvalue weighted by Crippen LogP contribution is 2.24. The Balaban J connectivity index is 1.59. The number of aryl methyl sites for hydroxylation is 1. The molecule has 1 amide bonds. The summed E-state index contributed by atoms with van der Waals surface area (Å²) in [4.78, 5) is 20.2. The van der Waals surface area contributed by atoms with Gasteiger partial charge in [-0.1, -0.05) is 25.5 Å². The van der Waals surface area contributed by atoms with Crippen molar-refractivity contribution in [3.8, 4) is 5.75 Å². The molecule has 1 aromatic heterocycles. The number of hydrogen-bond acceptors (Lipinski definition) is 4. The summed E-state index contributed by atoms with van der Waals surface area (Å²) >= 11 is 0. The van der Waals surface area contributed by atoms with E-state index in [1.807, 2.05) is 24.3 Å². The molecule has 2 aromatic carbocycles. The quantitative estimate of drug-likeness (QED) is 0.618. The van der Waals surface area contributed by atoms with Gasteiger partial charge in [0.2, 0.25) is 0 Å².